The molecule has 0 spiro atoms. The quantitative estimate of drug-likeness (QED) is 0.641. The molecule has 0 aromatic heterocycles. The Balaban J connectivity index is 3.00. The second-order valence-electron chi connectivity index (χ2n) is 3.34. The summed E-state index contributed by atoms with van der Waals surface area (Å²) in [5, 5.41) is 0.782. The first-order chi connectivity index (χ1) is 7.91. The zero-order valence-corrected chi connectivity index (χ0v) is 10.0. The highest BCUT2D eigenvalue weighted by atomic mass is 32.2. The van der Waals surface area contributed by atoms with Crippen LogP contribution < -0.4 is 0 Å². The Kier molecular flexibility index (Phi) is 3.00. The van der Waals surface area contributed by atoms with Crippen molar-refractivity contribution >= 4 is 32.0 Å². The second kappa shape index (κ2) is 4.19. The molecular formula is C10H8O5S2. The van der Waals surface area contributed by atoms with Crippen LogP contribution in [0.2, 0.25) is 0 Å². The van der Waals surface area contributed by atoms with E-state index in [0.717, 1.165) is 0 Å². The Hall–Kier alpha value is -1.28. The van der Waals surface area contributed by atoms with Crippen molar-refractivity contribution < 1.29 is 21.7 Å². The van der Waals surface area contributed by atoms with E-state index in [1.54, 1.807) is 18.2 Å². The van der Waals surface area contributed by atoms with Crippen LogP contribution in [0.25, 0.3) is 10.8 Å². The van der Waals surface area contributed by atoms with Crippen LogP contribution in [-0.2, 0) is 21.2 Å². The first-order valence-corrected chi connectivity index (χ1v) is 7.06. The minimum absolute atomic E-state index is 0.218. The van der Waals surface area contributed by atoms with Crippen molar-refractivity contribution in [3.05, 3.63) is 36.4 Å². The minimum Gasteiger partial charge on any atom is -0.302 e. The lowest BCUT2D eigenvalue weighted by Crippen LogP contribution is -2.05. The summed E-state index contributed by atoms with van der Waals surface area (Å²) in [5.74, 6) is 0. The topological polar surface area (TPSA) is 91.7 Å². The first-order valence-electron chi connectivity index (χ1n) is 4.51. The zero-order valence-electron chi connectivity index (χ0n) is 8.40. The van der Waals surface area contributed by atoms with Gasteiger partial charge in [0, 0.05) is 5.39 Å². The molecule has 2 rings (SSSR count). The Labute approximate surface area is 100 Å². The van der Waals surface area contributed by atoms with Crippen molar-refractivity contribution in [2.24, 2.45) is 0 Å². The fourth-order valence-corrected chi connectivity index (χ4v) is 3.40. The van der Waals surface area contributed by atoms with Gasteiger partial charge in [-0.1, -0.05) is 30.3 Å². The van der Waals surface area contributed by atoms with Crippen molar-refractivity contribution in [1.29, 1.82) is 0 Å². The van der Waals surface area contributed by atoms with E-state index in [2.05, 4.69) is 0 Å². The third-order valence-corrected chi connectivity index (χ3v) is 4.09. The smallest absolute Gasteiger partial charge is 0.296 e. The molecule has 0 aliphatic heterocycles. The standard InChI is InChI=1S/C10H8O5S2/c11-16(12)9-6-5-7-3-1-2-4-8(7)10(9)17(13,14)15/h1-6H,(H,11,12)(H,13,14,15). The van der Waals surface area contributed by atoms with Gasteiger partial charge in [0.1, 0.15) is 4.90 Å². The molecule has 0 fully saturated rings. The monoisotopic (exact) mass is 272 g/mol. The number of hydrogen-bond donors (Lipinski definition) is 2. The van der Waals surface area contributed by atoms with E-state index < -0.39 is 26.1 Å². The maximum Gasteiger partial charge on any atom is 0.296 e. The number of benzene rings is 2. The molecule has 0 aliphatic rings. The van der Waals surface area contributed by atoms with E-state index in [9.17, 15) is 12.6 Å². The summed E-state index contributed by atoms with van der Waals surface area (Å²) in [4.78, 5) is -0.845. The third-order valence-electron chi connectivity index (χ3n) is 2.29. The first kappa shape index (κ1) is 12.2. The molecule has 0 aliphatic carbocycles. The summed E-state index contributed by atoms with van der Waals surface area (Å²) in [6.07, 6.45) is 0. The number of hydrogen-bond acceptors (Lipinski definition) is 3. The molecule has 0 heterocycles. The summed E-state index contributed by atoms with van der Waals surface area (Å²) in [5.41, 5.74) is 0. The van der Waals surface area contributed by atoms with Crippen LogP contribution in [0.15, 0.2) is 46.2 Å². The molecule has 2 N–H and O–H groups in total. The van der Waals surface area contributed by atoms with E-state index in [0.29, 0.717) is 5.39 Å². The predicted molar refractivity (Wildman–Crippen MR) is 62.8 cm³/mol. The van der Waals surface area contributed by atoms with Gasteiger partial charge < -0.3 is 4.55 Å². The summed E-state index contributed by atoms with van der Waals surface area (Å²) in [6.45, 7) is 0. The molecule has 2 aromatic carbocycles. The van der Waals surface area contributed by atoms with Gasteiger partial charge in [0.15, 0.2) is 11.1 Å². The second-order valence-corrected chi connectivity index (χ2v) is 5.63. The molecular weight excluding hydrogens is 264 g/mol. The number of fused-ring (bicyclic) bond motifs is 1. The maximum absolute atomic E-state index is 11.3. The lowest BCUT2D eigenvalue weighted by atomic mass is 10.1. The van der Waals surface area contributed by atoms with Gasteiger partial charge in [-0.25, -0.2) is 4.21 Å². The van der Waals surface area contributed by atoms with E-state index in [4.69, 9.17) is 9.11 Å². The van der Waals surface area contributed by atoms with Crippen LogP contribution in [0.1, 0.15) is 0 Å². The summed E-state index contributed by atoms with van der Waals surface area (Å²) < 4.78 is 51.8. The Morgan fingerprint density at radius 2 is 1.71 bits per heavy atom. The molecule has 0 radical (unpaired) electrons. The molecule has 7 heteroatoms. The zero-order chi connectivity index (χ0) is 12.6. The molecule has 5 nitrogen and oxygen atoms in total. The van der Waals surface area contributed by atoms with Gasteiger partial charge >= 0.3 is 0 Å². The molecule has 17 heavy (non-hydrogen) atoms. The predicted octanol–water partition coefficient (Wildman–Crippen LogP) is 1.67. The minimum atomic E-state index is -4.56. The van der Waals surface area contributed by atoms with Crippen LogP contribution in [0.5, 0.6) is 0 Å². The van der Waals surface area contributed by atoms with Crippen molar-refractivity contribution in [3.63, 3.8) is 0 Å². The van der Waals surface area contributed by atoms with Gasteiger partial charge in [-0.3, -0.25) is 4.55 Å². The van der Waals surface area contributed by atoms with Gasteiger partial charge in [0.05, 0.1) is 4.90 Å². The molecule has 1 atom stereocenters. The highest BCUT2D eigenvalue weighted by molar-refractivity contribution is 7.87. The van der Waals surface area contributed by atoms with Gasteiger partial charge in [-0.05, 0) is 11.5 Å². The average molecular weight is 272 g/mol. The van der Waals surface area contributed by atoms with Gasteiger partial charge in [-0.15, -0.1) is 0 Å². The lowest BCUT2D eigenvalue weighted by molar-refractivity contribution is 0.480. The highest BCUT2D eigenvalue weighted by Crippen LogP contribution is 2.28. The van der Waals surface area contributed by atoms with Crippen LogP contribution >= 0.6 is 0 Å². The summed E-state index contributed by atoms with van der Waals surface area (Å²) >= 11 is -2.48. The van der Waals surface area contributed by atoms with E-state index in [-0.39, 0.29) is 10.3 Å². The van der Waals surface area contributed by atoms with E-state index >= 15 is 0 Å². The fourth-order valence-electron chi connectivity index (χ4n) is 1.63. The summed E-state index contributed by atoms with van der Waals surface area (Å²) in [6, 6.07) is 9.13. The Morgan fingerprint density at radius 3 is 2.29 bits per heavy atom. The molecule has 0 saturated carbocycles. The maximum atomic E-state index is 11.3. The fraction of sp³-hybridized carbons (Fsp3) is 0. The largest absolute Gasteiger partial charge is 0.302 e. The van der Waals surface area contributed by atoms with Gasteiger partial charge in [0.25, 0.3) is 10.1 Å². The van der Waals surface area contributed by atoms with Crippen LogP contribution in [-0.4, -0.2) is 21.7 Å². The molecule has 0 bridgehead atoms. The number of rotatable bonds is 2. The van der Waals surface area contributed by atoms with E-state index in [1.807, 2.05) is 0 Å². The molecule has 1 unspecified atom stereocenters. The summed E-state index contributed by atoms with van der Waals surface area (Å²) in [7, 11) is -4.56. The SMILES string of the molecule is O=S(O)c1ccc2ccccc2c1S(=O)(=O)O. The molecule has 0 saturated heterocycles. The van der Waals surface area contributed by atoms with Gasteiger partial charge in [-0.2, -0.15) is 8.42 Å². The average Bonchev–Trinajstić information content (AvgIpc) is 2.26. The molecule has 90 valence electrons. The van der Waals surface area contributed by atoms with Crippen molar-refractivity contribution in [1.82, 2.24) is 0 Å². The van der Waals surface area contributed by atoms with Crippen LogP contribution in [0.3, 0.4) is 0 Å². The van der Waals surface area contributed by atoms with Crippen molar-refractivity contribution in [2.75, 3.05) is 0 Å². The lowest BCUT2D eigenvalue weighted by Gasteiger charge is -2.07. The van der Waals surface area contributed by atoms with Gasteiger partial charge in [0.2, 0.25) is 0 Å². The molecule has 2 aromatic rings. The Bertz CT molecular complexity index is 706. The highest BCUT2D eigenvalue weighted by Gasteiger charge is 2.22. The third kappa shape index (κ3) is 2.22. The van der Waals surface area contributed by atoms with Crippen molar-refractivity contribution in [3.8, 4) is 0 Å². The van der Waals surface area contributed by atoms with Crippen molar-refractivity contribution in [2.45, 2.75) is 9.79 Å². The molecule has 0 amide bonds. The normalized spacial score (nSPS) is 13.8. The van der Waals surface area contributed by atoms with E-state index in [1.165, 1.54) is 18.2 Å². The van der Waals surface area contributed by atoms with Crippen LogP contribution in [0, 0.1) is 0 Å². The Morgan fingerprint density at radius 1 is 1.06 bits per heavy atom. The van der Waals surface area contributed by atoms with Crippen LogP contribution in [0.4, 0.5) is 0 Å².